The predicted molar refractivity (Wildman–Crippen MR) is 92.6 cm³/mol. The van der Waals surface area contributed by atoms with Crippen LogP contribution in [0.5, 0.6) is 0 Å². The topological polar surface area (TPSA) is 54.4 Å². The normalized spacial score (nSPS) is 21.0. The third-order valence-corrected chi connectivity index (χ3v) is 5.77. The Balaban J connectivity index is 2.09. The molecule has 1 aliphatic rings. The Morgan fingerprint density at radius 3 is 2.22 bits per heavy atom. The molecule has 0 bridgehead atoms. The minimum absolute atomic E-state index is 0.206. The lowest BCUT2D eigenvalue weighted by molar-refractivity contribution is 0.448. The Labute approximate surface area is 136 Å². The number of aryl methyl sites for hydroxylation is 1. The maximum absolute atomic E-state index is 12.2. The van der Waals surface area contributed by atoms with Crippen LogP contribution in [-0.4, -0.2) is 13.0 Å². The number of allylic oxidation sites excluding steroid dienone is 3. The molecule has 0 saturated carbocycles. The molecule has 118 valence electrons. The first-order valence-corrected chi connectivity index (χ1v) is 8.86. The highest BCUT2D eigenvalue weighted by Crippen LogP contribution is 2.41. The maximum Gasteiger partial charge on any atom is 0.278 e. The van der Waals surface area contributed by atoms with Gasteiger partial charge in [-0.1, -0.05) is 72.8 Å². The standard InChI is InChI=1S/C19H18O3S/c1-15-7-5-6-10-18(15)19(23(20,21)22)13-11-17(12-14-19)16-8-3-2-4-9-16/h2-13H,14H2,1H3,(H,20,21,22). The van der Waals surface area contributed by atoms with Gasteiger partial charge >= 0.3 is 0 Å². The van der Waals surface area contributed by atoms with E-state index in [4.69, 9.17) is 0 Å². The van der Waals surface area contributed by atoms with E-state index in [1.54, 1.807) is 24.3 Å². The van der Waals surface area contributed by atoms with E-state index >= 15 is 0 Å². The van der Waals surface area contributed by atoms with Crippen molar-refractivity contribution in [3.8, 4) is 0 Å². The third kappa shape index (κ3) is 2.76. The molecule has 1 N–H and O–H groups in total. The molecule has 2 aromatic rings. The summed E-state index contributed by atoms with van der Waals surface area (Å²) < 4.78 is 32.9. The van der Waals surface area contributed by atoms with Crippen molar-refractivity contribution in [2.45, 2.75) is 18.1 Å². The average molecular weight is 326 g/mol. The largest absolute Gasteiger partial charge is 0.285 e. The van der Waals surface area contributed by atoms with E-state index in [1.165, 1.54) is 0 Å². The predicted octanol–water partition coefficient (Wildman–Crippen LogP) is 4.12. The molecule has 0 saturated heterocycles. The molecule has 0 aliphatic heterocycles. The molecule has 0 radical (unpaired) electrons. The van der Waals surface area contributed by atoms with E-state index in [2.05, 4.69) is 0 Å². The van der Waals surface area contributed by atoms with Crippen LogP contribution in [0.4, 0.5) is 0 Å². The second kappa shape index (κ2) is 5.80. The van der Waals surface area contributed by atoms with Crippen LogP contribution in [-0.2, 0) is 14.9 Å². The summed E-state index contributed by atoms with van der Waals surface area (Å²) in [6.07, 6.45) is 5.46. The van der Waals surface area contributed by atoms with Gasteiger partial charge in [-0.3, -0.25) is 4.55 Å². The zero-order valence-corrected chi connectivity index (χ0v) is 13.6. The lowest BCUT2D eigenvalue weighted by atomic mass is 9.85. The second-order valence-corrected chi connectivity index (χ2v) is 7.42. The first-order chi connectivity index (χ1) is 10.9. The zero-order chi connectivity index (χ0) is 16.5. The minimum Gasteiger partial charge on any atom is -0.285 e. The second-order valence-electron chi connectivity index (χ2n) is 5.74. The quantitative estimate of drug-likeness (QED) is 0.863. The summed E-state index contributed by atoms with van der Waals surface area (Å²) in [4.78, 5) is 0. The Bertz CT molecular complexity index is 880. The third-order valence-electron chi connectivity index (χ3n) is 4.33. The van der Waals surface area contributed by atoms with Crippen LogP contribution in [0.1, 0.15) is 23.1 Å². The fraction of sp³-hybridized carbons (Fsp3) is 0.158. The summed E-state index contributed by atoms with van der Waals surface area (Å²) in [5.74, 6) is 0. The summed E-state index contributed by atoms with van der Waals surface area (Å²) in [6, 6.07) is 17.0. The van der Waals surface area contributed by atoms with Crippen molar-refractivity contribution in [2.75, 3.05) is 0 Å². The fourth-order valence-electron chi connectivity index (χ4n) is 3.04. The van der Waals surface area contributed by atoms with Crippen molar-refractivity contribution in [2.24, 2.45) is 0 Å². The summed E-state index contributed by atoms with van der Waals surface area (Å²) in [5.41, 5.74) is 3.43. The molecule has 0 heterocycles. The van der Waals surface area contributed by atoms with E-state index in [0.717, 1.165) is 16.7 Å². The van der Waals surface area contributed by atoms with E-state index in [0.29, 0.717) is 5.56 Å². The Morgan fingerprint density at radius 2 is 1.65 bits per heavy atom. The molecule has 23 heavy (non-hydrogen) atoms. The van der Waals surface area contributed by atoms with Crippen molar-refractivity contribution >= 4 is 15.7 Å². The molecule has 3 nitrogen and oxygen atoms in total. The molecule has 2 aromatic carbocycles. The lowest BCUT2D eigenvalue weighted by Gasteiger charge is -2.31. The van der Waals surface area contributed by atoms with Gasteiger partial charge in [0.25, 0.3) is 10.1 Å². The summed E-state index contributed by atoms with van der Waals surface area (Å²) in [5, 5.41) is 0. The highest BCUT2D eigenvalue weighted by atomic mass is 32.2. The SMILES string of the molecule is Cc1ccccc1C1(S(=O)(=O)O)C=CC(c2ccccc2)=CC1. The van der Waals surface area contributed by atoms with Crippen LogP contribution in [0.15, 0.2) is 72.8 Å². The molecular formula is C19H18O3S. The first kappa shape index (κ1) is 15.7. The van der Waals surface area contributed by atoms with Gasteiger partial charge < -0.3 is 0 Å². The van der Waals surface area contributed by atoms with Crippen molar-refractivity contribution < 1.29 is 13.0 Å². The molecule has 1 aliphatic carbocycles. The minimum atomic E-state index is -4.30. The number of hydrogen-bond donors (Lipinski definition) is 1. The van der Waals surface area contributed by atoms with Gasteiger partial charge in [0.05, 0.1) is 0 Å². The molecule has 0 spiro atoms. The van der Waals surface area contributed by atoms with Crippen molar-refractivity contribution in [1.29, 1.82) is 0 Å². The molecule has 4 heteroatoms. The van der Waals surface area contributed by atoms with Gasteiger partial charge in [0.1, 0.15) is 4.75 Å². The van der Waals surface area contributed by atoms with Gasteiger partial charge in [0, 0.05) is 0 Å². The number of benzene rings is 2. The molecule has 3 rings (SSSR count). The van der Waals surface area contributed by atoms with Gasteiger partial charge in [0.2, 0.25) is 0 Å². The van der Waals surface area contributed by atoms with Crippen LogP contribution in [0.2, 0.25) is 0 Å². The molecular weight excluding hydrogens is 308 g/mol. The van der Waals surface area contributed by atoms with Crippen molar-refractivity contribution in [3.63, 3.8) is 0 Å². The van der Waals surface area contributed by atoms with Crippen LogP contribution in [0, 0.1) is 6.92 Å². The summed E-state index contributed by atoms with van der Waals surface area (Å²) >= 11 is 0. The van der Waals surface area contributed by atoms with Crippen LogP contribution < -0.4 is 0 Å². The molecule has 0 amide bonds. The van der Waals surface area contributed by atoms with Crippen molar-refractivity contribution in [1.82, 2.24) is 0 Å². The van der Waals surface area contributed by atoms with E-state index in [-0.39, 0.29) is 6.42 Å². The van der Waals surface area contributed by atoms with Crippen LogP contribution in [0.25, 0.3) is 5.57 Å². The van der Waals surface area contributed by atoms with Gasteiger partial charge in [-0.25, -0.2) is 0 Å². The zero-order valence-electron chi connectivity index (χ0n) is 12.8. The van der Waals surface area contributed by atoms with Crippen LogP contribution in [0.3, 0.4) is 0 Å². The Kier molecular flexibility index (Phi) is 3.96. The van der Waals surface area contributed by atoms with Gasteiger partial charge in [-0.2, -0.15) is 8.42 Å². The van der Waals surface area contributed by atoms with Crippen molar-refractivity contribution in [3.05, 3.63) is 89.5 Å². The highest BCUT2D eigenvalue weighted by molar-refractivity contribution is 7.87. The highest BCUT2D eigenvalue weighted by Gasteiger charge is 2.43. The van der Waals surface area contributed by atoms with Crippen LogP contribution >= 0.6 is 0 Å². The molecule has 1 atom stereocenters. The van der Waals surface area contributed by atoms with E-state index in [9.17, 15) is 13.0 Å². The lowest BCUT2D eigenvalue weighted by Crippen LogP contribution is -2.35. The molecule has 0 aromatic heterocycles. The maximum atomic E-state index is 12.2. The Hall–Kier alpha value is -2.17. The smallest absolute Gasteiger partial charge is 0.278 e. The summed E-state index contributed by atoms with van der Waals surface area (Å²) in [6.45, 7) is 1.85. The molecule has 0 fully saturated rings. The summed E-state index contributed by atoms with van der Waals surface area (Å²) in [7, 11) is -4.30. The Morgan fingerprint density at radius 1 is 1.00 bits per heavy atom. The fourth-order valence-corrected chi connectivity index (χ4v) is 4.09. The average Bonchev–Trinajstić information content (AvgIpc) is 2.55. The molecule has 1 unspecified atom stereocenters. The van der Waals surface area contributed by atoms with Gasteiger partial charge in [-0.15, -0.1) is 0 Å². The number of hydrogen-bond acceptors (Lipinski definition) is 2. The van der Waals surface area contributed by atoms with E-state index < -0.39 is 14.9 Å². The van der Waals surface area contributed by atoms with Gasteiger partial charge in [-0.05, 0) is 35.6 Å². The first-order valence-electron chi connectivity index (χ1n) is 7.42. The van der Waals surface area contributed by atoms with E-state index in [1.807, 2.05) is 55.5 Å². The number of rotatable bonds is 3. The van der Waals surface area contributed by atoms with Gasteiger partial charge in [0.15, 0.2) is 0 Å². The monoisotopic (exact) mass is 326 g/mol.